The SMILES string of the molecule is CCCNC(=O)[C@H](C)Sc1nnc(C)n1Cc1ccccc1. The van der Waals surface area contributed by atoms with E-state index in [0.717, 1.165) is 17.4 Å². The summed E-state index contributed by atoms with van der Waals surface area (Å²) in [5.74, 6) is 0.895. The van der Waals surface area contributed by atoms with E-state index in [1.165, 1.54) is 17.3 Å². The number of thioether (sulfide) groups is 1. The van der Waals surface area contributed by atoms with Crippen LogP contribution in [0.5, 0.6) is 0 Å². The number of aryl methyl sites for hydroxylation is 1. The lowest BCUT2D eigenvalue weighted by molar-refractivity contribution is -0.120. The molecule has 0 spiro atoms. The number of amides is 1. The summed E-state index contributed by atoms with van der Waals surface area (Å²) in [5, 5.41) is 11.9. The molecule has 118 valence electrons. The Kier molecular flexibility index (Phi) is 6.00. The summed E-state index contributed by atoms with van der Waals surface area (Å²) in [5.41, 5.74) is 1.19. The molecule has 1 aromatic carbocycles. The molecule has 5 nitrogen and oxygen atoms in total. The first-order chi connectivity index (χ1) is 10.6. The van der Waals surface area contributed by atoms with Gasteiger partial charge in [-0.25, -0.2) is 0 Å². The molecule has 0 saturated heterocycles. The average molecular weight is 318 g/mol. The van der Waals surface area contributed by atoms with Gasteiger partial charge < -0.3 is 9.88 Å². The molecule has 0 radical (unpaired) electrons. The van der Waals surface area contributed by atoms with E-state index in [0.29, 0.717) is 13.1 Å². The van der Waals surface area contributed by atoms with Crippen molar-refractivity contribution >= 4 is 17.7 Å². The van der Waals surface area contributed by atoms with Crippen molar-refractivity contribution < 1.29 is 4.79 Å². The predicted octanol–water partition coefficient (Wildman–Crippen LogP) is 2.64. The molecule has 0 unspecified atom stereocenters. The zero-order valence-corrected chi connectivity index (χ0v) is 14.1. The minimum atomic E-state index is -0.190. The number of carbonyl (C=O) groups is 1. The number of benzene rings is 1. The maximum Gasteiger partial charge on any atom is 0.233 e. The van der Waals surface area contributed by atoms with Crippen molar-refractivity contribution in [1.29, 1.82) is 0 Å². The second kappa shape index (κ2) is 7.98. The Labute approximate surface area is 135 Å². The molecule has 2 rings (SSSR count). The Morgan fingerprint density at radius 2 is 2.05 bits per heavy atom. The van der Waals surface area contributed by atoms with E-state index in [2.05, 4.69) is 27.6 Å². The first-order valence-electron chi connectivity index (χ1n) is 7.50. The van der Waals surface area contributed by atoms with Crippen LogP contribution in [0.25, 0.3) is 0 Å². The van der Waals surface area contributed by atoms with E-state index in [-0.39, 0.29) is 11.2 Å². The third-order valence-electron chi connectivity index (χ3n) is 3.29. The van der Waals surface area contributed by atoms with Gasteiger partial charge in [0, 0.05) is 6.54 Å². The van der Waals surface area contributed by atoms with Crippen molar-refractivity contribution in [3.63, 3.8) is 0 Å². The van der Waals surface area contributed by atoms with Gasteiger partial charge in [0.05, 0.1) is 11.8 Å². The van der Waals surface area contributed by atoms with Gasteiger partial charge in [0.1, 0.15) is 5.82 Å². The largest absolute Gasteiger partial charge is 0.355 e. The highest BCUT2D eigenvalue weighted by atomic mass is 32.2. The minimum absolute atomic E-state index is 0.0405. The second-order valence-electron chi connectivity index (χ2n) is 5.15. The first-order valence-corrected chi connectivity index (χ1v) is 8.38. The van der Waals surface area contributed by atoms with Crippen molar-refractivity contribution in [2.75, 3.05) is 6.54 Å². The smallest absolute Gasteiger partial charge is 0.233 e. The van der Waals surface area contributed by atoms with Crippen LogP contribution in [0.3, 0.4) is 0 Å². The molecular formula is C16H22N4OS. The van der Waals surface area contributed by atoms with Crippen molar-refractivity contribution in [2.24, 2.45) is 0 Å². The lowest BCUT2D eigenvalue weighted by Gasteiger charge is -2.13. The monoisotopic (exact) mass is 318 g/mol. The van der Waals surface area contributed by atoms with Crippen LogP contribution < -0.4 is 5.32 Å². The number of nitrogens with one attached hydrogen (secondary N) is 1. The number of hydrogen-bond acceptors (Lipinski definition) is 4. The van der Waals surface area contributed by atoms with E-state index < -0.39 is 0 Å². The first kappa shape index (κ1) is 16.5. The Bertz CT molecular complexity index is 612. The van der Waals surface area contributed by atoms with Gasteiger partial charge in [-0.15, -0.1) is 10.2 Å². The summed E-state index contributed by atoms with van der Waals surface area (Å²) >= 11 is 1.45. The third-order valence-corrected chi connectivity index (χ3v) is 4.37. The average Bonchev–Trinajstić information content (AvgIpc) is 2.86. The lowest BCUT2D eigenvalue weighted by atomic mass is 10.2. The van der Waals surface area contributed by atoms with Crippen molar-refractivity contribution in [3.8, 4) is 0 Å². The number of aromatic nitrogens is 3. The van der Waals surface area contributed by atoms with Crippen molar-refractivity contribution in [1.82, 2.24) is 20.1 Å². The molecule has 22 heavy (non-hydrogen) atoms. The highest BCUT2D eigenvalue weighted by Gasteiger charge is 2.18. The van der Waals surface area contributed by atoms with Gasteiger partial charge in [0.15, 0.2) is 5.16 Å². The van der Waals surface area contributed by atoms with Gasteiger partial charge in [0.2, 0.25) is 5.91 Å². The molecule has 0 bridgehead atoms. The van der Waals surface area contributed by atoms with Gasteiger partial charge in [-0.05, 0) is 25.8 Å². The zero-order chi connectivity index (χ0) is 15.9. The van der Waals surface area contributed by atoms with Crippen LogP contribution in [0.15, 0.2) is 35.5 Å². The number of hydrogen-bond donors (Lipinski definition) is 1. The summed E-state index contributed by atoms with van der Waals surface area (Å²) in [6.45, 7) is 7.29. The molecule has 1 heterocycles. The summed E-state index contributed by atoms with van der Waals surface area (Å²) in [4.78, 5) is 12.0. The van der Waals surface area contributed by atoms with Gasteiger partial charge in [-0.3, -0.25) is 4.79 Å². The minimum Gasteiger partial charge on any atom is -0.355 e. The Balaban J connectivity index is 2.07. The topological polar surface area (TPSA) is 59.8 Å². The highest BCUT2D eigenvalue weighted by Crippen LogP contribution is 2.23. The van der Waals surface area contributed by atoms with Gasteiger partial charge in [-0.1, -0.05) is 49.0 Å². The Hall–Kier alpha value is -1.82. The van der Waals surface area contributed by atoms with Crippen LogP contribution >= 0.6 is 11.8 Å². The van der Waals surface area contributed by atoms with Crippen molar-refractivity contribution in [2.45, 2.75) is 44.1 Å². The standard InChI is InChI=1S/C16H22N4OS/c1-4-10-17-15(21)12(2)22-16-19-18-13(3)20(16)11-14-8-6-5-7-9-14/h5-9,12H,4,10-11H2,1-3H3,(H,17,21)/t12-/m0/s1. The predicted molar refractivity (Wildman–Crippen MR) is 88.9 cm³/mol. The van der Waals surface area contributed by atoms with Crippen LogP contribution in [0, 0.1) is 6.92 Å². The quantitative estimate of drug-likeness (QED) is 0.797. The normalized spacial score (nSPS) is 12.1. The molecule has 2 aromatic rings. The van der Waals surface area contributed by atoms with E-state index in [1.54, 1.807) is 0 Å². The molecule has 1 amide bonds. The number of rotatable bonds is 7. The molecule has 1 atom stereocenters. The van der Waals surface area contributed by atoms with Crippen LogP contribution in [0.1, 0.15) is 31.7 Å². The van der Waals surface area contributed by atoms with Crippen LogP contribution in [0.4, 0.5) is 0 Å². The number of carbonyl (C=O) groups excluding carboxylic acids is 1. The Morgan fingerprint density at radius 3 is 2.73 bits per heavy atom. The van der Waals surface area contributed by atoms with Gasteiger partial charge in [0.25, 0.3) is 0 Å². The maximum atomic E-state index is 12.0. The third kappa shape index (κ3) is 4.34. The molecule has 0 aliphatic heterocycles. The van der Waals surface area contributed by atoms with Crippen LogP contribution in [-0.4, -0.2) is 32.5 Å². The molecule has 0 aliphatic rings. The van der Waals surface area contributed by atoms with Crippen LogP contribution in [0.2, 0.25) is 0 Å². The van der Waals surface area contributed by atoms with Gasteiger partial charge >= 0.3 is 0 Å². The summed E-state index contributed by atoms with van der Waals surface area (Å²) in [6, 6.07) is 10.2. The van der Waals surface area contributed by atoms with E-state index >= 15 is 0 Å². The fraction of sp³-hybridized carbons (Fsp3) is 0.438. The summed E-state index contributed by atoms with van der Waals surface area (Å²) < 4.78 is 2.05. The van der Waals surface area contributed by atoms with E-state index in [4.69, 9.17) is 0 Å². The molecule has 0 fully saturated rings. The van der Waals surface area contributed by atoms with E-state index in [1.807, 2.05) is 43.5 Å². The van der Waals surface area contributed by atoms with Gasteiger partial charge in [-0.2, -0.15) is 0 Å². The lowest BCUT2D eigenvalue weighted by Crippen LogP contribution is -2.31. The summed E-state index contributed by atoms with van der Waals surface area (Å²) in [6.07, 6.45) is 0.937. The summed E-state index contributed by atoms with van der Waals surface area (Å²) in [7, 11) is 0. The van der Waals surface area contributed by atoms with Crippen molar-refractivity contribution in [3.05, 3.63) is 41.7 Å². The van der Waals surface area contributed by atoms with E-state index in [9.17, 15) is 4.79 Å². The molecular weight excluding hydrogens is 296 g/mol. The Morgan fingerprint density at radius 1 is 1.32 bits per heavy atom. The molecule has 6 heteroatoms. The number of nitrogens with zero attached hydrogens (tertiary/aromatic N) is 3. The molecule has 1 aromatic heterocycles. The fourth-order valence-corrected chi connectivity index (χ4v) is 2.92. The fourth-order valence-electron chi connectivity index (χ4n) is 2.00. The zero-order valence-electron chi connectivity index (χ0n) is 13.2. The van der Waals surface area contributed by atoms with Crippen LogP contribution in [-0.2, 0) is 11.3 Å². The highest BCUT2D eigenvalue weighted by molar-refractivity contribution is 8.00. The second-order valence-corrected chi connectivity index (χ2v) is 6.46. The molecule has 1 N–H and O–H groups in total. The molecule has 0 aliphatic carbocycles. The maximum absolute atomic E-state index is 12.0. The molecule has 0 saturated carbocycles.